The quantitative estimate of drug-likeness (QED) is 0.428. The van der Waals surface area contributed by atoms with Crippen molar-refractivity contribution in [2.24, 2.45) is 10.9 Å². The highest BCUT2D eigenvalue weighted by molar-refractivity contribution is 7.21. The van der Waals surface area contributed by atoms with Gasteiger partial charge in [0.2, 0.25) is 5.27 Å². The molecule has 3 aromatic heterocycles. The number of aromatic nitrogens is 3. The predicted octanol–water partition coefficient (Wildman–Crippen LogP) is 2.13. The molecule has 0 unspecified atom stereocenters. The van der Waals surface area contributed by atoms with Crippen LogP contribution >= 0.6 is 11.3 Å². The second-order valence-corrected chi connectivity index (χ2v) is 7.77. The Morgan fingerprint density at radius 1 is 1.48 bits per heavy atom. The molecule has 0 amide bonds. The number of anilines is 1. The van der Waals surface area contributed by atoms with Crippen molar-refractivity contribution in [3.05, 3.63) is 28.9 Å². The molecular formula is C17H19N5O2S. The number of aliphatic imine (C=N–C) groups is 1. The Hall–Kier alpha value is -2.48. The molecule has 1 aliphatic rings. The average Bonchev–Trinajstić information content (AvgIpc) is 3.22. The van der Waals surface area contributed by atoms with Crippen LogP contribution in [-0.4, -0.2) is 16.2 Å². The first-order valence-electron chi connectivity index (χ1n) is 8.33. The summed E-state index contributed by atoms with van der Waals surface area (Å²) in [5, 5.41) is 17.2. The predicted molar refractivity (Wildman–Crippen MR) is 93.7 cm³/mol. The molecule has 0 spiro atoms. The summed E-state index contributed by atoms with van der Waals surface area (Å²) in [5.41, 5.74) is 7.57. The highest BCUT2D eigenvalue weighted by atomic mass is 32.1. The van der Waals surface area contributed by atoms with Gasteiger partial charge in [0.25, 0.3) is 6.20 Å². The topological polar surface area (TPSA) is 104 Å². The molecule has 3 aromatic rings. The second-order valence-electron chi connectivity index (χ2n) is 6.77. The molecule has 130 valence electrons. The van der Waals surface area contributed by atoms with E-state index in [1.807, 2.05) is 12.1 Å². The highest BCUT2D eigenvalue weighted by Crippen LogP contribution is 2.33. The molecule has 4 rings (SSSR count). The number of rotatable bonds is 5. The fourth-order valence-corrected chi connectivity index (χ4v) is 3.68. The number of nitrogens with zero attached hydrogens (tertiary/aromatic N) is 4. The first kappa shape index (κ1) is 16.0. The van der Waals surface area contributed by atoms with Crippen molar-refractivity contribution in [3.8, 4) is 0 Å². The van der Waals surface area contributed by atoms with E-state index in [1.54, 1.807) is 10.9 Å². The van der Waals surface area contributed by atoms with Crippen LogP contribution in [-0.2, 0) is 6.42 Å². The Labute approximate surface area is 148 Å². The van der Waals surface area contributed by atoms with Crippen LogP contribution in [0.2, 0.25) is 0 Å². The normalized spacial score (nSPS) is 15.4. The standard InChI is InChI=1S/C17H19N5O2S/c1-9(2)7-10-3-6-12-14(18)15(25-17(12)19-10)16(23)20-13-8-22(21-24-13)11-4-5-11/h3,6,8-9,11H,4-5,7H2,1-2H3,(H2-,18,20,21,23). The van der Waals surface area contributed by atoms with Crippen LogP contribution < -0.4 is 15.5 Å². The van der Waals surface area contributed by atoms with Crippen molar-refractivity contribution in [2.45, 2.75) is 39.2 Å². The molecule has 3 heterocycles. The fourth-order valence-electron chi connectivity index (χ4n) is 2.69. The van der Waals surface area contributed by atoms with Gasteiger partial charge in [-0.15, -0.1) is 11.3 Å². The molecular weight excluding hydrogens is 338 g/mol. The number of thiophene rings is 1. The zero-order valence-electron chi connectivity index (χ0n) is 14.1. The van der Waals surface area contributed by atoms with E-state index < -0.39 is 5.90 Å². The van der Waals surface area contributed by atoms with E-state index in [9.17, 15) is 5.11 Å². The maximum atomic E-state index is 12.5. The monoisotopic (exact) mass is 357 g/mol. The minimum Gasteiger partial charge on any atom is -0.857 e. The van der Waals surface area contributed by atoms with Crippen LogP contribution in [0.3, 0.4) is 0 Å². The molecule has 0 saturated heterocycles. The number of nitrogen functional groups attached to an aromatic ring is 1. The molecule has 2 N–H and O–H groups in total. The van der Waals surface area contributed by atoms with Gasteiger partial charge in [0.05, 0.1) is 10.6 Å². The molecule has 0 atom stereocenters. The lowest BCUT2D eigenvalue weighted by atomic mass is 10.1. The number of hydrogen-bond acceptors (Lipinski definition) is 7. The number of pyridine rings is 1. The first-order chi connectivity index (χ1) is 12.0. The number of hydrogen-bond donors (Lipinski definition) is 1. The zero-order chi connectivity index (χ0) is 17.6. The molecule has 0 radical (unpaired) electrons. The van der Waals surface area contributed by atoms with E-state index in [4.69, 9.17) is 10.3 Å². The van der Waals surface area contributed by atoms with Crippen molar-refractivity contribution in [1.82, 2.24) is 10.3 Å². The third-order valence-electron chi connectivity index (χ3n) is 4.07. The van der Waals surface area contributed by atoms with E-state index in [-0.39, 0.29) is 5.88 Å². The Balaban J connectivity index is 1.66. The van der Waals surface area contributed by atoms with E-state index in [0.717, 1.165) is 35.2 Å². The first-order valence-corrected chi connectivity index (χ1v) is 9.15. The molecule has 0 aliphatic heterocycles. The lowest BCUT2D eigenvalue weighted by Gasteiger charge is -2.06. The largest absolute Gasteiger partial charge is 0.857 e. The number of nitrogens with two attached hydrogens (primary N) is 1. The van der Waals surface area contributed by atoms with Crippen LogP contribution in [0.1, 0.15) is 43.3 Å². The van der Waals surface area contributed by atoms with Crippen LogP contribution in [0.5, 0.6) is 0 Å². The third kappa shape index (κ3) is 3.21. The van der Waals surface area contributed by atoms with Gasteiger partial charge in [-0.3, -0.25) is 4.52 Å². The highest BCUT2D eigenvalue weighted by Gasteiger charge is 2.35. The maximum absolute atomic E-state index is 12.5. The van der Waals surface area contributed by atoms with Gasteiger partial charge < -0.3 is 10.8 Å². The summed E-state index contributed by atoms with van der Waals surface area (Å²) in [6.45, 7) is 4.29. The Bertz CT molecular complexity index is 955. The SMILES string of the molecule is CC(C)Cc1ccc2c(N)c(/C([O-])=N/c3c[n+](C4CC4)no3)sc2n1. The van der Waals surface area contributed by atoms with Gasteiger partial charge in [0.15, 0.2) is 6.04 Å². The van der Waals surface area contributed by atoms with Gasteiger partial charge in [-0.05, 0) is 29.2 Å². The Morgan fingerprint density at radius 2 is 2.28 bits per heavy atom. The summed E-state index contributed by atoms with van der Waals surface area (Å²) in [6, 6.07) is 4.27. The van der Waals surface area contributed by atoms with Crippen molar-refractivity contribution in [3.63, 3.8) is 0 Å². The summed E-state index contributed by atoms with van der Waals surface area (Å²) < 4.78 is 6.82. The minimum atomic E-state index is -0.426. The molecule has 1 aliphatic carbocycles. The van der Waals surface area contributed by atoms with Gasteiger partial charge in [-0.2, -0.15) is 0 Å². The van der Waals surface area contributed by atoms with Gasteiger partial charge in [0, 0.05) is 29.8 Å². The molecule has 0 bridgehead atoms. The van der Waals surface area contributed by atoms with Gasteiger partial charge in [-0.25, -0.2) is 9.98 Å². The second kappa shape index (κ2) is 6.11. The Kier molecular flexibility index (Phi) is 3.91. The summed E-state index contributed by atoms with van der Waals surface area (Å²) >= 11 is 1.27. The lowest BCUT2D eigenvalue weighted by molar-refractivity contribution is -0.765. The number of fused-ring (bicyclic) bond motifs is 1. The van der Waals surface area contributed by atoms with Crippen LogP contribution in [0.25, 0.3) is 10.2 Å². The van der Waals surface area contributed by atoms with Crippen molar-refractivity contribution < 1.29 is 14.3 Å². The molecule has 1 fully saturated rings. The maximum Gasteiger partial charge on any atom is 0.320 e. The van der Waals surface area contributed by atoms with Crippen molar-refractivity contribution in [1.29, 1.82) is 0 Å². The summed E-state index contributed by atoms with van der Waals surface area (Å²) in [7, 11) is 0. The van der Waals surface area contributed by atoms with E-state index in [1.165, 1.54) is 11.3 Å². The minimum absolute atomic E-state index is 0.196. The zero-order valence-corrected chi connectivity index (χ0v) is 14.9. The summed E-state index contributed by atoms with van der Waals surface area (Å²) in [5.74, 6) is 0.287. The summed E-state index contributed by atoms with van der Waals surface area (Å²) in [6.07, 6.45) is 4.70. The van der Waals surface area contributed by atoms with Crippen LogP contribution in [0, 0.1) is 5.92 Å². The van der Waals surface area contributed by atoms with Crippen LogP contribution in [0.4, 0.5) is 11.6 Å². The van der Waals surface area contributed by atoms with Gasteiger partial charge in [0.1, 0.15) is 4.83 Å². The van der Waals surface area contributed by atoms with E-state index in [2.05, 4.69) is 29.1 Å². The van der Waals surface area contributed by atoms with Gasteiger partial charge in [-0.1, -0.05) is 13.8 Å². The summed E-state index contributed by atoms with van der Waals surface area (Å²) in [4.78, 5) is 9.78. The third-order valence-corrected chi connectivity index (χ3v) is 5.17. The van der Waals surface area contributed by atoms with Crippen molar-refractivity contribution in [2.75, 3.05) is 5.73 Å². The smallest absolute Gasteiger partial charge is 0.320 e. The van der Waals surface area contributed by atoms with Gasteiger partial charge >= 0.3 is 5.88 Å². The molecule has 1 saturated carbocycles. The molecule has 8 heteroatoms. The fraction of sp³-hybridized carbons (Fsp3) is 0.412. The molecule has 25 heavy (non-hydrogen) atoms. The van der Waals surface area contributed by atoms with E-state index in [0.29, 0.717) is 22.5 Å². The van der Waals surface area contributed by atoms with Crippen molar-refractivity contribution >= 4 is 39.0 Å². The van der Waals surface area contributed by atoms with Crippen LogP contribution in [0.15, 0.2) is 27.8 Å². The molecule has 0 aromatic carbocycles. The lowest BCUT2D eigenvalue weighted by Crippen LogP contribution is -2.32. The Morgan fingerprint density at radius 3 is 3.00 bits per heavy atom. The average molecular weight is 357 g/mol. The molecule has 7 nitrogen and oxygen atoms in total. The van der Waals surface area contributed by atoms with E-state index >= 15 is 0 Å².